The molecule has 3 rings (SSSR count). The predicted molar refractivity (Wildman–Crippen MR) is 86.9 cm³/mol. The molecule has 0 saturated heterocycles. The Kier molecular flexibility index (Phi) is 3.28. The van der Waals surface area contributed by atoms with Crippen LogP contribution < -0.4 is 5.73 Å². The third-order valence-corrected chi connectivity index (χ3v) is 4.67. The van der Waals surface area contributed by atoms with Crippen LogP contribution in [0.25, 0.3) is 22.4 Å². The Hall–Kier alpha value is -1.41. The Morgan fingerprint density at radius 3 is 2.84 bits per heavy atom. The maximum atomic E-state index is 6.15. The molecule has 0 radical (unpaired) electrons. The molecule has 96 valence electrons. The number of nitrogens with two attached hydrogens (primary N) is 1. The van der Waals surface area contributed by atoms with E-state index >= 15 is 0 Å². The van der Waals surface area contributed by atoms with E-state index in [1.807, 2.05) is 25.4 Å². The summed E-state index contributed by atoms with van der Waals surface area (Å²) in [7, 11) is 1.86. The average molecular weight is 382 g/mol. The molecule has 19 heavy (non-hydrogen) atoms. The van der Waals surface area contributed by atoms with Gasteiger partial charge in [0.25, 0.3) is 0 Å². The van der Waals surface area contributed by atoms with Gasteiger partial charge in [-0.3, -0.25) is 9.67 Å². The summed E-state index contributed by atoms with van der Waals surface area (Å²) in [5, 5.41) is 6.64. The van der Waals surface area contributed by atoms with Crippen LogP contribution in [0.3, 0.4) is 0 Å². The number of aryl methyl sites for hydroxylation is 1. The first-order chi connectivity index (χ1) is 9.16. The maximum Gasteiger partial charge on any atom is 0.129 e. The van der Waals surface area contributed by atoms with Gasteiger partial charge in [0.05, 0.1) is 8.45 Å². The fourth-order valence-electron chi connectivity index (χ4n) is 1.97. The zero-order valence-corrected chi connectivity index (χ0v) is 13.1. The number of hydrogen-bond donors (Lipinski definition) is 1. The van der Waals surface area contributed by atoms with Crippen molar-refractivity contribution in [3.63, 3.8) is 0 Å². The van der Waals surface area contributed by atoms with E-state index in [1.165, 1.54) is 2.88 Å². The summed E-state index contributed by atoms with van der Waals surface area (Å²) < 4.78 is 2.94. The largest absolute Gasteiger partial charge is 0.383 e. The summed E-state index contributed by atoms with van der Waals surface area (Å²) >= 11 is 4.01. The highest BCUT2D eigenvalue weighted by atomic mass is 127. The predicted octanol–water partition coefficient (Wildman–Crippen LogP) is 3.40. The van der Waals surface area contributed by atoms with Crippen molar-refractivity contribution in [2.24, 2.45) is 7.05 Å². The number of nitrogen functional groups attached to an aromatic ring is 1. The van der Waals surface area contributed by atoms with E-state index in [1.54, 1.807) is 22.2 Å². The van der Waals surface area contributed by atoms with Gasteiger partial charge in [0, 0.05) is 35.9 Å². The molecule has 0 amide bonds. The molecule has 0 fully saturated rings. The van der Waals surface area contributed by atoms with Gasteiger partial charge in [0.15, 0.2) is 0 Å². The second-order valence-corrected chi connectivity index (χ2v) is 6.92. The maximum absolute atomic E-state index is 6.15. The number of anilines is 1. The van der Waals surface area contributed by atoms with E-state index in [4.69, 9.17) is 5.73 Å². The molecule has 3 heterocycles. The third kappa shape index (κ3) is 2.25. The van der Waals surface area contributed by atoms with Gasteiger partial charge >= 0.3 is 0 Å². The molecule has 0 aliphatic heterocycles. The number of aromatic nitrogens is 3. The molecular weight excluding hydrogens is 371 g/mol. The average Bonchev–Trinajstić information content (AvgIpc) is 2.96. The van der Waals surface area contributed by atoms with E-state index < -0.39 is 0 Å². The molecular formula is C13H11IN4S. The summed E-state index contributed by atoms with van der Waals surface area (Å²) in [6.45, 7) is 0. The minimum Gasteiger partial charge on any atom is -0.383 e. The Balaban J connectivity index is 2.24. The molecule has 0 aromatic carbocycles. The molecule has 0 spiro atoms. The topological polar surface area (TPSA) is 56.7 Å². The Bertz CT molecular complexity index is 718. The second-order valence-electron chi connectivity index (χ2n) is 4.11. The molecule has 3 aromatic heterocycles. The summed E-state index contributed by atoms with van der Waals surface area (Å²) in [5.41, 5.74) is 10.1. The number of pyridine rings is 1. The van der Waals surface area contributed by atoms with E-state index in [-0.39, 0.29) is 0 Å². The van der Waals surface area contributed by atoms with Crippen LogP contribution in [0.5, 0.6) is 0 Å². The van der Waals surface area contributed by atoms with Gasteiger partial charge in [-0.05, 0) is 34.7 Å². The summed E-state index contributed by atoms with van der Waals surface area (Å²) in [6.07, 6.45) is 3.57. The van der Waals surface area contributed by atoms with Gasteiger partial charge in [-0.15, -0.1) is 11.3 Å². The summed E-state index contributed by atoms with van der Waals surface area (Å²) in [5.74, 6) is 0.657. The lowest BCUT2D eigenvalue weighted by molar-refractivity contribution is 0.782. The lowest BCUT2D eigenvalue weighted by atomic mass is 10.0. The molecule has 6 heteroatoms. The molecule has 0 atom stereocenters. The fourth-order valence-corrected chi connectivity index (χ4v) is 3.30. The Morgan fingerprint density at radius 2 is 2.21 bits per heavy atom. The van der Waals surface area contributed by atoms with Crippen molar-refractivity contribution in [1.82, 2.24) is 14.8 Å². The van der Waals surface area contributed by atoms with Crippen molar-refractivity contribution in [2.75, 3.05) is 5.73 Å². The first-order valence-corrected chi connectivity index (χ1v) is 7.60. The van der Waals surface area contributed by atoms with Crippen LogP contribution >= 0.6 is 33.9 Å². The molecule has 0 unspecified atom stereocenters. The highest BCUT2D eigenvalue weighted by Crippen LogP contribution is 2.37. The minimum absolute atomic E-state index is 0.657. The summed E-state index contributed by atoms with van der Waals surface area (Å²) in [6, 6.07) is 6.02. The number of nitrogens with zero attached hydrogens (tertiary/aromatic N) is 3. The monoisotopic (exact) mass is 382 g/mol. The van der Waals surface area contributed by atoms with E-state index in [0.717, 1.165) is 22.4 Å². The lowest BCUT2D eigenvalue weighted by Gasteiger charge is -2.02. The normalized spacial score (nSPS) is 10.8. The number of hydrogen-bond acceptors (Lipinski definition) is 4. The van der Waals surface area contributed by atoms with Gasteiger partial charge in [-0.25, -0.2) is 0 Å². The first-order valence-electron chi connectivity index (χ1n) is 5.64. The Labute approximate surface area is 128 Å². The van der Waals surface area contributed by atoms with Gasteiger partial charge in [0.1, 0.15) is 11.5 Å². The van der Waals surface area contributed by atoms with Crippen LogP contribution in [-0.4, -0.2) is 14.8 Å². The van der Waals surface area contributed by atoms with Crippen LogP contribution in [0.1, 0.15) is 0 Å². The van der Waals surface area contributed by atoms with Crippen LogP contribution in [0.15, 0.2) is 36.0 Å². The fraction of sp³-hybridized carbons (Fsp3) is 0.0769. The molecule has 4 nitrogen and oxygen atoms in total. The molecule has 2 N–H and O–H groups in total. The van der Waals surface area contributed by atoms with Crippen LogP contribution in [0.4, 0.5) is 5.82 Å². The van der Waals surface area contributed by atoms with Crippen molar-refractivity contribution < 1.29 is 0 Å². The molecule has 3 aromatic rings. The van der Waals surface area contributed by atoms with Crippen molar-refractivity contribution in [1.29, 1.82) is 0 Å². The van der Waals surface area contributed by atoms with Gasteiger partial charge in [0.2, 0.25) is 0 Å². The van der Waals surface area contributed by atoms with Crippen molar-refractivity contribution >= 4 is 39.7 Å². The molecule has 0 saturated carbocycles. The quantitative estimate of drug-likeness (QED) is 0.692. The van der Waals surface area contributed by atoms with Crippen molar-refractivity contribution in [3.05, 3.63) is 38.9 Å². The first kappa shape index (κ1) is 12.6. The second kappa shape index (κ2) is 4.93. The van der Waals surface area contributed by atoms with E-state index in [0.29, 0.717) is 5.82 Å². The molecule has 0 aliphatic rings. The lowest BCUT2D eigenvalue weighted by Crippen LogP contribution is -1.98. The number of thiophene rings is 1. The van der Waals surface area contributed by atoms with Gasteiger partial charge < -0.3 is 5.73 Å². The van der Waals surface area contributed by atoms with Crippen molar-refractivity contribution in [2.45, 2.75) is 0 Å². The smallest absolute Gasteiger partial charge is 0.129 e. The number of rotatable bonds is 2. The van der Waals surface area contributed by atoms with E-state index in [9.17, 15) is 0 Å². The van der Waals surface area contributed by atoms with E-state index in [2.05, 4.69) is 44.1 Å². The van der Waals surface area contributed by atoms with Crippen LogP contribution in [-0.2, 0) is 7.05 Å². The zero-order valence-electron chi connectivity index (χ0n) is 10.2. The molecule has 0 aliphatic carbocycles. The SMILES string of the molecule is Cn1nc(-c2csc(I)c2)c(-c2cccnc2)c1N. The molecule has 0 bridgehead atoms. The standard InChI is InChI=1S/C13H11IN4S/c1-18-13(15)11(8-3-2-4-16-6-8)12(17-18)9-5-10(14)19-7-9/h2-7H,15H2,1H3. The Morgan fingerprint density at radius 1 is 1.37 bits per heavy atom. The third-order valence-electron chi connectivity index (χ3n) is 2.88. The highest BCUT2D eigenvalue weighted by molar-refractivity contribution is 14.1. The zero-order chi connectivity index (χ0) is 13.4. The van der Waals surface area contributed by atoms with Crippen LogP contribution in [0.2, 0.25) is 0 Å². The minimum atomic E-state index is 0.657. The van der Waals surface area contributed by atoms with Crippen LogP contribution in [0, 0.1) is 2.88 Å². The summed E-state index contributed by atoms with van der Waals surface area (Å²) in [4.78, 5) is 4.16. The van der Waals surface area contributed by atoms with Gasteiger partial charge in [-0.1, -0.05) is 6.07 Å². The highest BCUT2D eigenvalue weighted by Gasteiger charge is 2.18. The number of halogens is 1. The van der Waals surface area contributed by atoms with Gasteiger partial charge in [-0.2, -0.15) is 5.10 Å². The van der Waals surface area contributed by atoms with Crippen molar-refractivity contribution in [3.8, 4) is 22.4 Å².